The minimum atomic E-state index is -0.0980. The van der Waals surface area contributed by atoms with Gasteiger partial charge in [-0.1, -0.05) is 24.3 Å². The zero-order valence-electron chi connectivity index (χ0n) is 8.77. The number of fused-ring (bicyclic) bond motifs is 1. The zero-order valence-corrected chi connectivity index (χ0v) is 8.77. The standard InChI is InChI=1S/C13H14O2/c1-4-10-9-7-6-8-12(14-3)13(9)11(5-2)15-10/h4-8,10-11H,1-2H2,3H3. The molecule has 2 nitrogen and oxygen atoms in total. The lowest BCUT2D eigenvalue weighted by molar-refractivity contribution is 0.0670. The maximum absolute atomic E-state index is 5.76. The summed E-state index contributed by atoms with van der Waals surface area (Å²) >= 11 is 0. The van der Waals surface area contributed by atoms with E-state index in [0.717, 1.165) is 16.9 Å². The Bertz CT molecular complexity index is 396. The highest BCUT2D eigenvalue weighted by Crippen LogP contribution is 2.44. The van der Waals surface area contributed by atoms with Crippen LogP contribution in [0.15, 0.2) is 43.5 Å². The largest absolute Gasteiger partial charge is 0.496 e. The van der Waals surface area contributed by atoms with Crippen molar-refractivity contribution in [2.45, 2.75) is 12.2 Å². The molecule has 1 aliphatic heterocycles. The predicted molar refractivity (Wildman–Crippen MR) is 60.0 cm³/mol. The molecule has 0 bridgehead atoms. The van der Waals surface area contributed by atoms with E-state index in [-0.39, 0.29) is 12.2 Å². The van der Waals surface area contributed by atoms with Crippen molar-refractivity contribution in [1.82, 2.24) is 0 Å². The maximum atomic E-state index is 5.76. The zero-order chi connectivity index (χ0) is 10.8. The van der Waals surface area contributed by atoms with E-state index < -0.39 is 0 Å². The molecule has 0 saturated carbocycles. The Hall–Kier alpha value is -1.54. The van der Waals surface area contributed by atoms with Gasteiger partial charge in [0.1, 0.15) is 18.0 Å². The fourth-order valence-corrected chi connectivity index (χ4v) is 1.95. The molecule has 0 amide bonds. The third-order valence-electron chi connectivity index (χ3n) is 2.63. The van der Waals surface area contributed by atoms with E-state index in [4.69, 9.17) is 9.47 Å². The van der Waals surface area contributed by atoms with Crippen molar-refractivity contribution in [2.24, 2.45) is 0 Å². The highest BCUT2D eigenvalue weighted by Gasteiger charge is 2.30. The molecule has 78 valence electrons. The summed E-state index contributed by atoms with van der Waals surface area (Å²) in [6.45, 7) is 7.54. The van der Waals surface area contributed by atoms with E-state index in [1.165, 1.54) is 0 Å². The lowest BCUT2D eigenvalue weighted by Crippen LogP contribution is -1.95. The molecular weight excluding hydrogens is 188 g/mol. The minimum absolute atomic E-state index is 0.0573. The third kappa shape index (κ3) is 1.47. The van der Waals surface area contributed by atoms with Gasteiger partial charge in [-0.05, 0) is 11.6 Å². The minimum Gasteiger partial charge on any atom is -0.496 e. The van der Waals surface area contributed by atoms with E-state index in [9.17, 15) is 0 Å². The Morgan fingerprint density at radius 2 is 2.00 bits per heavy atom. The monoisotopic (exact) mass is 202 g/mol. The van der Waals surface area contributed by atoms with Crippen LogP contribution in [0.3, 0.4) is 0 Å². The highest BCUT2D eigenvalue weighted by atomic mass is 16.5. The predicted octanol–water partition coefficient (Wildman–Crippen LogP) is 3.18. The van der Waals surface area contributed by atoms with Gasteiger partial charge in [0.2, 0.25) is 0 Å². The summed E-state index contributed by atoms with van der Waals surface area (Å²) in [6, 6.07) is 5.93. The van der Waals surface area contributed by atoms with Gasteiger partial charge in [-0.3, -0.25) is 0 Å². The molecule has 0 radical (unpaired) electrons. The van der Waals surface area contributed by atoms with E-state index in [1.807, 2.05) is 18.2 Å². The van der Waals surface area contributed by atoms with Crippen LogP contribution in [-0.2, 0) is 4.74 Å². The highest BCUT2D eigenvalue weighted by molar-refractivity contribution is 5.48. The SMILES string of the molecule is C=CC1OC(C=C)c2c(OC)cccc21. The summed E-state index contributed by atoms with van der Waals surface area (Å²) in [5.74, 6) is 0.849. The van der Waals surface area contributed by atoms with Crippen molar-refractivity contribution in [3.8, 4) is 5.75 Å². The molecule has 15 heavy (non-hydrogen) atoms. The quantitative estimate of drug-likeness (QED) is 0.701. The molecule has 2 unspecified atom stereocenters. The van der Waals surface area contributed by atoms with Gasteiger partial charge in [-0.15, -0.1) is 13.2 Å². The van der Waals surface area contributed by atoms with Crippen molar-refractivity contribution in [1.29, 1.82) is 0 Å². The van der Waals surface area contributed by atoms with Crippen molar-refractivity contribution in [3.63, 3.8) is 0 Å². The lowest BCUT2D eigenvalue weighted by atomic mass is 10.0. The van der Waals surface area contributed by atoms with Gasteiger partial charge in [0.15, 0.2) is 0 Å². The molecule has 0 saturated heterocycles. The average molecular weight is 202 g/mol. The fourth-order valence-electron chi connectivity index (χ4n) is 1.95. The normalized spacial score (nSPS) is 23.3. The Balaban J connectivity index is 2.56. The molecule has 2 rings (SSSR count). The Morgan fingerprint density at radius 1 is 1.27 bits per heavy atom. The first-order chi connectivity index (χ1) is 7.31. The Labute approximate surface area is 89.8 Å². The van der Waals surface area contributed by atoms with Gasteiger partial charge in [0, 0.05) is 5.56 Å². The van der Waals surface area contributed by atoms with Gasteiger partial charge in [-0.2, -0.15) is 0 Å². The first kappa shape index (κ1) is 9.99. The van der Waals surface area contributed by atoms with Gasteiger partial charge in [0.25, 0.3) is 0 Å². The molecule has 1 aromatic carbocycles. The Morgan fingerprint density at radius 3 is 2.60 bits per heavy atom. The van der Waals surface area contributed by atoms with Gasteiger partial charge in [-0.25, -0.2) is 0 Å². The molecule has 1 aromatic rings. The van der Waals surface area contributed by atoms with Crippen molar-refractivity contribution < 1.29 is 9.47 Å². The first-order valence-corrected chi connectivity index (χ1v) is 4.89. The van der Waals surface area contributed by atoms with Crippen molar-refractivity contribution >= 4 is 0 Å². The summed E-state index contributed by atoms with van der Waals surface area (Å²) in [6.07, 6.45) is 3.42. The third-order valence-corrected chi connectivity index (χ3v) is 2.63. The molecule has 0 N–H and O–H groups in total. The summed E-state index contributed by atoms with van der Waals surface area (Å²) in [7, 11) is 1.66. The van der Waals surface area contributed by atoms with Crippen LogP contribution in [-0.4, -0.2) is 7.11 Å². The number of ether oxygens (including phenoxy) is 2. The van der Waals surface area contributed by atoms with Gasteiger partial charge >= 0.3 is 0 Å². The second-order valence-corrected chi connectivity index (χ2v) is 3.41. The number of methoxy groups -OCH3 is 1. The second-order valence-electron chi connectivity index (χ2n) is 3.41. The first-order valence-electron chi connectivity index (χ1n) is 4.89. The molecule has 0 spiro atoms. The van der Waals surface area contributed by atoms with Crippen LogP contribution in [0.25, 0.3) is 0 Å². The second kappa shape index (κ2) is 3.91. The number of hydrogen-bond donors (Lipinski definition) is 0. The summed E-state index contributed by atoms with van der Waals surface area (Å²) in [4.78, 5) is 0. The van der Waals surface area contributed by atoms with Crippen LogP contribution in [0.2, 0.25) is 0 Å². The summed E-state index contributed by atoms with van der Waals surface area (Å²) < 4.78 is 11.1. The number of rotatable bonds is 3. The number of benzene rings is 1. The molecule has 0 aromatic heterocycles. The van der Waals surface area contributed by atoms with Crippen LogP contribution >= 0.6 is 0 Å². The van der Waals surface area contributed by atoms with Crippen LogP contribution < -0.4 is 4.74 Å². The smallest absolute Gasteiger partial charge is 0.125 e. The van der Waals surface area contributed by atoms with E-state index in [1.54, 1.807) is 19.3 Å². The molecule has 0 aliphatic carbocycles. The summed E-state index contributed by atoms with van der Waals surface area (Å²) in [5, 5.41) is 0. The van der Waals surface area contributed by atoms with Crippen molar-refractivity contribution in [3.05, 3.63) is 54.6 Å². The maximum Gasteiger partial charge on any atom is 0.125 e. The van der Waals surface area contributed by atoms with E-state index in [2.05, 4.69) is 13.2 Å². The number of hydrogen-bond acceptors (Lipinski definition) is 2. The van der Waals surface area contributed by atoms with Gasteiger partial charge in [0.05, 0.1) is 7.11 Å². The van der Waals surface area contributed by atoms with E-state index >= 15 is 0 Å². The molecule has 2 heteroatoms. The van der Waals surface area contributed by atoms with Crippen LogP contribution in [0.4, 0.5) is 0 Å². The fraction of sp³-hybridized carbons (Fsp3) is 0.231. The lowest BCUT2D eigenvalue weighted by Gasteiger charge is -2.09. The molecule has 0 fully saturated rings. The molecule has 1 heterocycles. The van der Waals surface area contributed by atoms with Crippen LogP contribution in [0, 0.1) is 0 Å². The van der Waals surface area contributed by atoms with E-state index in [0.29, 0.717) is 0 Å². The molecular formula is C13H14O2. The van der Waals surface area contributed by atoms with Crippen LogP contribution in [0.5, 0.6) is 5.75 Å². The summed E-state index contributed by atoms with van der Waals surface area (Å²) in [5.41, 5.74) is 2.19. The average Bonchev–Trinajstić information content (AvgIpc) is 2.66. The molecule has 2 atom stereocenters. The van der Waals surface area contributed by atoms with Crippen molar-refractivity contribution in [2.75, 3.05) is 7.11 Å². The topological polar surface area (TPSA) is 18.5 Å². The molecule has 1 aliphatic rings. The Kier molecular flexibility index (Phi) is 2.60. The van der Waals surface area contributed by atoms with Gasteiger partial charge < -0.3 is 9.47 Å². The van der Waals surface area contributed by atoms with Crippen LogP contribution in [0.1, 0.15) is 23.3 Å².